The number of nitrogens with one attached hydrogen (secondary N) is 1. The number of hydrogen-bond donors (Lipinski definition) is 1. The molecule has 0 bridgehead atoms. The Morgan fingerprint density at radius 1 is 1.22 bits per heavy atom. The van der Waals surface area contributed by atoms with Gasteiger partial charge in [0.05, 0.1) is 0 Å². The molecule has 0 unspecified atom stereocenters. The van der Waals surface area contributed by atoms with Crippen LogP contribution in [0.1, 0.15) is 31.4 Å². The van der Waals surface area contributed by atoms with Crippen LogP contribution in [0.15, 0.2) is 24.3 Å². The molecule has 0 aliphatic carbocycles. The van der Waals surface area contributed by atoms with Crippen molar-refractivity contribution in [2.45, 2.75) is 26.7 Å². The van der Waals surface area contributed by atoms with Crippen molar-refractivity contribution in [3.05, 3.63) is 35.4 Å². The predicted octanol–water partition coefficient (Wildman–Crippen LogP) is 1.70. The lowest BCUT2D eigenvalue weighted by Gasteiger charge is -2.01. The number of Topliss-reactive ketones (excluding diaryl/α,β-unsaturated/α-hetero) is 1. The second-order valence-corrected chi connectivity index (χ2v) is 4.07. The van der Waals surface area contributed by atoms with Gasteiger partial charge < -0.3 is 5.32 Å². The van der Waals surface area contributed by atoms with Crippen molar-refractivity contribution in [1.82, 2.24) is 5.32 Å². The minimum atomic E-state index is -0.0474. The topological polar surface area (TPSA) is 46.2 Å². The van der Waals surface area contributed by atoms with Crippen LogP contribution in [-0.4, -0.2) is 18.2 Å². The summed E-state index contributed by atoms with van der Waals surface area (Å²) < 4.78 is 0. The number of amides is 1. The Balaban J connectivity index is 2.63. The quantitative estimate of drug-likeness (QED) is 0.646. The van der Waals surface area contributed by atoms with Crippen LogP contribution in [0.3, 0.4) is 0 Å². The highest BCUT2D eigenvalue weighted by Crippen LogP contribution is 2.08. The smallest absolute Gasteiger partial charge is 0.216 e. The Labute approximate surface area is 108 Å². The van der Waals surface area contributed by atoms with Crippen LogP contribution in [0, 0.1) is 11.8 Å². The number of hydrogen-bond acceptors (Lipinski definition) is 2. The maximum Gasteiger partial charge on any atom is 0.216 e. The van der Waals surface area contributed by atoms with Crippen LogP contribution >= 0.6 is 0 Å². The summed E-state index contributed by atoms with van der Waals surface area (Å²) in [5.41, 5.74) is 1.84. The highest BCUT2D eigenvalue weighted by Gasteiger charge is 2.01. The van der Waals surface area contributed by atoms with Crippen molar-refractivity contribution < 1.29 is 9.59 Å². The molecule has 1 aromatic carbocycles. The number of ketones is 1. The molecule has 1 rings (SSSR count). The number of carbonyl (C=O) groups is 2. The zero-order valence-electron chi connectivity index (χ0n) is 10.7. The lowest BCUT2D eigenvalue weighted by Crippen LogP contribution is -2.20. The Morgan fingerprint density at radius 2 is 1.94 bits per heavy atom. The summed E-state index contributed by atoms with van der Waals surface area (Å²) in [6.07, 6.45) is 1.02. The molecule has 0 saturated heterocycles. The number of benzene rings is 1. The Morgan fingerprint density at radius 3 is 2.61 bits per heavy atom. The molecule has 3 nitrogen and oxygen atoms in total. The van der Waals surface area contributed by atoms with E-state index in [-0.39, 0.29) is 11.7 Å². The maximum atomic E-state index is 11.1. The standard InChI is InChI=1S/C15H17NO2/c1-12(17)11-15-9-4-3-7-14(15)8-5-6-10-16-13(2)18/h3-4,7,9H,6,10-11H2,1-2H3,(H,16,18). The maximum absolute atomic E-state index is 11.1. The summed E-state index contributed by atoms with van der Waals surface area (Å²) >= 11 is 0. The van der Waals surface area contributed by atoms with E-state index in [0.717, 1.165) is 11.1 Å². The van der Waals surface area contributed by atoms with E-state index in [2.05, 4.69) is 17.2 Å². The molecule has 0 heterocycles. The Hall–Kier alpha value is -2.08. The second kappa shape index (κ2) is 7.29. The monoisotopic (exact) mass is 243 g/mol. The molecule has 0 fully saturated rings. The van der Waals surface area contributed by atoms with Crippen LogP contribution in [-0.2, 0) is 16.0 Å². The molecule has 0 aliphatic rings. The lowest BCUT2D eigenvalue weighted by atomic mass is 10.0. The summed E-state index contributed by atoms with van der Waals surface area (Å²) in [6, 6.07) is 7.63. The van der Waals surface area contributed by atoms with Gasteiger partial charge in [-0.15, -0.1) is 0 Å². The molecule has 0 saturated carbocycles. The van der Waals surface area contributed by atoms with Crippen LogP contribution in [0.4, 0.5) is 0 Å². The third-order valence-electron chi connectivity index (χ3n) is 2.30. The minimum Gasteiger partial charge on any atom is -0.355 e. The second-order valence-electron chi connectivity index (χ2n) is 4.07. The molecular weight excluding hydrogens is 226 g/mol. The van der Waals surface area contributed by atoms with Gasteiger partial charge in [0.1, 0.15) is 5.78 Å². The molecule has 0 spiro atoms. The molecule has 0 aromatic heterocycles. The van der Waals surface area contributed by atoms with Crippen molar-refractivity contribution in [2.24, 2.45) is 0 Å². The van der Waals surface area contributed by atoms with Crippen LogP contribution in [0.25, 0.3) is 0 Å². The van der Waals surface area contributed by atoms with Gasteiger partial charge in [-0.3, -0.25) is 9.59 Å². The van der Waals surface area contributed by atoms with Crippen LogP contribution in [0.5, 0.6) is 0 Å². The molecule has 1 N–H and O–H groups in total. The normalized spacial score (nSPS) is 9.22. The van der Waals surface area contributed by atoms with Gasteiger partial charge in [0.2, 0.25) is 5.91 Å². The molecule has 1 aromatic rings. The first-order chi connectivity index (χ1) is 8.59. The van der Waals surface area contributed by atoms with Gasteiger partial charge in [0.15, 0.2) is 0 Å². The van der Waals surface area contributed by atoms with E-state index in [9.17, 15) is 9.59 Å². The van der Waals surface area contributed by atoms with Gasteiger partial charge in [0.25, 0.3) is 0 Å². The highest BCUT2D eigenvalue weighted by molar-refractivity contribution is 5.79. The van der Waals surface area contributed by atoms with E-state index in [1.165, 1.54) is 6.92 Å². The molecular formula is C15H17NO2. The average molecular weight is 243 g/mol. The van der Waals surface area contributed by atoms with Gasteiger partial charge in [0, 0.05) is 31.9 Å². The summed E-state index contributed by atoms with van der Waals surface area (Å²) in [5, 5.41) is 2.68. The zero-order valence-corrected chi connectivity index (χ0v) is 10.7. The minimum absolute atomic E-state index is 0.0474. The van der Waals surface area contributed by atoms with Crippen LogP contribution in [0.2, 0.25) is 0 Å². The van der Waals surface area contributed by atoms with E-state index in [4.69, 9.17) is 0 Å². The fraction of sp³-hybridized carbons (Fsp3) is 0.333. The van der Waals surface area contributed by atoms with Gasteiger partial charge in [-0.1, -0.05) is 30.0 Å². The Kier molecular flexibility index (Phi) is 5.66. The van der Waals surface area contributed by atoms with E-state index in [1.807, 2.05) is 24.3 Å². The van der Waals surface area contributed by atoms with E-state index < -0.39 is 0 Å². The SMILES string of the molecule is CC(=O)Cc1ccccc1C#CCCNC(C)=O. The predicted molar refractivity (Wildman–Crippen MR) is 71.0 cm³/mol. The molecule has 0 atom stereocenters. The lowest BCUT2D eigenvalue weighted by molar-refractivity contribution is -0.119. The zero-order chi connectivity index (χ0) is 13.4. The van der Waals surface area contributed by atoms with Crippen molar-refractivity contribution in [2.75, 3.05) is 6.54 Å². The summed E-state index contributed by atoms with van der Waals surface area (Å²) in [4.78, 5) is 21.8. The van der Waals surface area contributed by atoms with Gasteiger partial charge in [-0.05, 0) is 18.6 Å². The molecule has 0 aliphatic heterocycles. The molecule has 0 radical (unpaired) electrons. The molecule has 1 amide bonds. The summed E-state index contributed by atoms with van der Waals surface area (Å²) in [5.74, 6) is 6.11. The number of carbonyl (C=O) groups excluding carboxylic acids is 2. The van der Waals surface area contributed by atoms with Crippen molar-refractivity contribution in [1.29, 1.82) is 0 Å². The van der Waals surface area contributed by atoms with Gasteiger partial charge >= 0.3 is 0 Å². The van der Waals surface area contributed by atoms with Crippen LogP contribution < -0.4 is 5.32 Å². The average Bonchev–Trinajstić information content (AvgIpc) is 2.29. The molecule has 18 heavy (non-hydrogen) atoms. The van der Waals surface area contributed by atoms with Gasteiger partial charge in [-0.2, -0.15) is 0 Å². The first kappa shape index (κ1) is 14.0. The first-order valence-corrected chi connectivity index (χ1v) is 5.90. The fourth-order valence-electron chi connectivity index (χ4n) is 1.52. The first-order valence-electron chi connectivity index (χ1n) is 5.90. The molecule has 3 heteroatoms. The van der Waals surface area contributed by atoms with Crippen molar-refractivity contribution in [3.8, 4) is 11.8 Å². The largest absolute Gasteiger partial charge is 0.355 e. The third kappa shape index (κ3) is 5.31. The fourth-order valence-corrected chi connectivity index (χ4v) is 1.52. The summed E-state index contributed by atoms with van der Waals surface area (Å²) in [7, 11) is 0. The van der Waals surface area contributed by atoms with E-state index >= 15 is 0 Å². The van der Waals surface area contributed by atoms with E-state index in [1.54, 1.807) is 6.92 Å². The Bertz CT molecular complexity index is 495. The molecule has 94 valence electrons. The van der Waals surface area contributed by atoms with Crippen molar-refractivity contribution >= 4 is 11.7 Å². The number of rotatable bonds is 4. The third-order valence-corrected chi connectivity index (χ3v) is 2.30. The van der Waals surface area contributed by atoms with E-state index in [0.29, 0.717) is 19.4 Å². The van der Waals surface area contributed by atoms with Gasteiger partial charge in [-0.25, -0.2) is 0 Å². The van der Waals surface area contributed by atoms with Crippen molar-refractivity contribution in [3.63, 3.8) is 0 Å². The summed E-state index contributed by atoms with van der Waals surface area (Å²) in [6.45, 7) is 3.60. The highest BCUT2D eigenvalue weighted by atomic mass is 16.1.